The second-order valence-corrected chi connectivity index (χ2v) is 2.52. The van der Waals surface area contributed by atoms with Crippen LogP contribution >= 0.6 is 0 Å². The smallest absolute Gasteiger partial charge is 0.312 e. The van der Waals surface area contributed by atoms with Crippen molar-refractivity contribution in [2.24, 2.45) is 5.73 Å². The minimum absolute atomic E-state index is 0.212. The summed E-state index contributed by atoms with van der Waals surface area (Å²) in [6.45, 7) is 4.14. The van der Waals surface area contributed by atoms with E-state index in [-0.39, 0.29) is 5.91 Å². The summed E-state index contributed by atoms with van der Waals surface area (Å²) in [4.78, 5) is 21.4. The zero-order valence-corrected chi connectivity index (χ0v) is 7.39. The highest BCUT2D eigenvalue weighted by molar-refractivity contribution is 5.85. The Hall–Kier alpha value is -1.26. The lowest BCUT2D eigenvalue weighted by Crippen LogP contribution is -2.46. The van der Waals surface area contributed by atoms with Gasteiger partial charge in [0.15, 0.2) is 0 Å². The van der Waals surface area contributed by atoms with Gasteiger partial charge in [-0.15, -0.1) is 0 Å². The Morgan fingerprint density at radius 3 is 2.50 bits per heavy atom. The molecule has 5 nitrogen and oxygen atoms in total. The normalized spacial score (nSPS) is 11.8. The molecule has 1 atom stereocenters. The summed E-state index contributed by atoms with van der Waals surface area (Å²) in [6.07, 6.45) is 0.870. The Morgan fingerprint density at radius 2 is 2.08 bits per heavy atom. The van der Waals surface area contributed by atoms with Crippen molar-refractivity contribution in [2.75, 3.05) is 6.54 Å². The van der Waals surface area contributed by atoms with Gasteiger partial charge in [-0.2, -0.15) is 0 Å². The quantitative estimate of drug-likeness (QED) is 0.539. The van der Waals surface area contributed by atoms with Crippen LogP contribution in [0, 0.1) is 0 Å². The fourth-order valence-corrected chi connectivity index (χ4v) is 0.680. The maximum atomic E-state index is 11.1. The molecular formula is C7H15N3O2. The summed E-state index contributed by atoms with van der Waals surface area (Å²) in [5.74, 6) is -0.212. The first kappa shape index (κ1) is 10.7. The van der Waals surface area contributed by atoms with Crippen LogP contribution in [-0.2, 0) is 4.79 Å². The van der Waals surface area contributed by atoms with Crippen LogP contribution in [0.1, 0.15) is 20.3 Å². The Balaban J connectivity index is 3.69. The standard InChI is InChI=1S/C7H15N3O2/c1-3-4-9-6(11)5(2)10-7(8)12/h5H,3-4H2,1-2H3,(H,9,11)(H3,8,10,12). The molecule has 0 fully saturated rings. The van der Waals surface area contributed by atoms with E-state index in [1.807, 2.05) is 6.92 Å². The van der Waals surface area contributed by atoms with Crippen LogP contribution in [0.15, 0.2) is 0 Å². The van der Waals surface area contributed by atoms with Crippen LogP contribution in [0.4, 0.5) is 4.79 Å². The molecule has 0 aliphatic carbocycles. The first-order valence-corrected chi connectivity index (χ1v) is 3.91. The van der Waals surface area contributed by atoms with Crippen molar-refractivity contribution in [3.63, 3.8) is 0 Å². The second-order valence-electron chi connectivity index (χ2n) is 2.52. The number of amides is 3. The zero-order chi connectivity index (χ0) is 9.56. The maximum Gasteiger partial charge on any atom is 0.312 e. The molecule has 0 aliphatic rings. The summed E-state index contributed by atoms with van der Waals surface area (Å²) in [5, 5.41) is 4.91. The van der Waals surface area contributed by atoms with Crippen molar-refractivity contribution >= 4 is 11.9 Å². The summed E-state index contributed by atoms with van der Waals surface area (Å²) < 4.78 is 0. The monoisotopic (exact) mass is 173 g/mol. The third-order valence-electron chi connectivity index (χ3n) is 1.30. The van der Waals surface area contributed by atoms with E-state index in [2.05, 4.69) is 10.6 Å². The molecule has 4 N–H and O–H groups in total. The Labute approximate surface area is 71.7 Å². The van der Waals surface area contributed by atoms with Crippen LogP contribution in [-0.4, -0.2) is 24.5 Å². The Morgan fingerprint density at radius 1 is 1.50 bits per heavy atom. The third-order valence-corrected chi connectivity index (χ3v) is 1.30. The SMILES string of the molecule is CCCNC(=O)C(C)NC(N)=O. The van der Waals surface area contributed by atoms with Crippen molar-refractivity contribution in [3.05, 3.63) is 0 Å². The molecule has 0 saturated heterocycles. The lowest BCUT2D eigenvalue weighted by Gasteiger charge is -2.11. The van der Waals surface area contributed by atoms with E-state index < -0.39 is 12.1 Å². The van der Waals surface area contributed by atoms with Crippen LogP contribution in [0.2, 0.25) is 0 Å². The molecule has 0 radical (unpaired) electrons. The van der Waals surface area contributed by atoms with Gasteiger partial charge in [-0.1, -0.05) is 6.92 Å². The maximum absolute atomic E-state index is 11.1. The van der Waals surface area contributed by atoms with E-state index >= 15 is 0 Å². The predicted molar refractivity (Wildman–Crippen MR) is 45.5 cm³/mol. The summed E-state index contributed by atoms with van der Waals surface area (Å²) >= 11 is 0. The number of primary amides is 1. The molecular weight excluding hydrogens is 158 g/mol. The van der Waals surface area contributed by atoms with Crippen molar-refractivity contribution in [3.8, 4) is 0 Å². The van der Waals surface area contributed by atoms with Crippen LogP contribution in [0.3, 0.4) is 0 Å². The average Bonchev–Trinajstić information content (AvgIpc) is 1.98. The summed E-state index contributed by atoms with van der Waals surface area (Å²) in [7, 11) is 0. The van der Waals surface area contributed by atoms with E-state index in [1.54, 1.807) is 6.92 Å². The molecule has 0 aromatic heterocycles. The van der Waals surface area contributed by atoms with E-state index in [0.29, 0.717) is 6.54 Å². The van der Waals surface area contributed by atoms with Gasteiger partial charge in [0.1, 0.15) is 6.04 Å². The molecule has 5 heteroatoms. The highest BCUT2D eigenvalue weighted by Crippen LogP contribution is 1.81. The van der Waals surface area contributed by atoms with Gasteiger partial charge >= 0.3 is 6.03 Å². The Kier molecular flexibility index (Phi) is 4.83. The van der Waals surface area contributed by atoms with Crippen molar-refractivity contribution < 1.29 is 9.59 Å². The molecule has 12 heavy (non-hydrogen) atoms. The number of nitrogens with one attached hydrogen (secondary N) is 2. The van der Waals surface area contributed by atoms with Crippen LogP contribution in [0.25, 0.3) is 0 Å². The van der Waals surface area contributed by atoms with Gasteiger partial charge < -0.3 is 16.4 Å². The summed E-state index contributed by atoms with van der Waals surface area (Å²) in [6, 6.07) is -1.25. The van der Waals surface area contributed by atoms with E-state index in [9.17, 15) is 9.59 Å². The number of nitrogens with two attached hydrogens (primary N) is 1. The molecule has 0 aliphatic heterocycles. The molecule has 0 aromatic rings. The van der Waals surface area contributed by atoms with E-state index in [4.69, 9.17) is 5.73 Å². The molecule has 0 spiro atoms. The molecule has 0 rings (SSSR count). The fourth-order valence-electron chi connectivity index (χ4n) is 0.680. The number of carbonyl (C=O) groups excluding carboxylic acids is 2. The van der Waals surface area contributed by atoms with Gasteiger partial charge in [0.05, 0.1) is 0 Å². The summed E-state index contributed by atoms with van der Waals surface area (Å²) in [5.41, 5.74) is 4.83. The number of carbonyl (C=O) groups is 2. The predicted octanol–water partition coefficient (Wildman–Crippen LogP) is -0.431. The van der Waals surface area contributed by atoms with Crippen molar-refractivity contribution in [1.29, 1.82) is 0 Å². The van der Waals surface area contributed by atoms with Gasteiger partial charge in [0.2, 0.25) is 5.91 Å². The molecule has 0 saturated carbocycles. The highest BCUT2D eigenvalue weighted by atomic mass is 16.2. The number of hydrogen-bond acceptors (Lipinski definition) is 2. The van der Waals surface area contributed by atoms with Crippen LogP contribution < -0.4 is 16.4 Å². The van der Waals surface area contributed by atoms with Gasteiger partial charge in [0.25, 0.3) is 0 Å². The molecule has 1 unspecified atom stereocenters. The minimum atomic E-state index is -0.686. The molecule has 0 bridgehead atoms. The van der Waals surface area contributed by atoms with E-state index in [0.717, 1.165) is 6.42 Å². The van der Waals surface area contributed by atoms with E-state index in [1.165, 1.54) is 0 Å². The number of urea groups is 1. The first-order valence-electron chi connectivity index (χ1n) is 3.91. The Bertz CT molecular complexity index is 170. The highest BCUT2D eigenvalue weighted by Gasteiger charge is 2.12. The molecule has 0 heterocycles. The largest absolute Gasteiger partial charge is 0.354 e. The van der Waals surface area contributed by atoms with Gasteiger partial charge in [0, 0.05) is 6.54 Å². The van der Waals surface area contributed by atoms with Crippen LogP contribution in [0.5, 0.6) is 0 Å². The lowest BCUT2D eigenvalue weighted by molar-refractivity contribution is -0.122. The average molecular weight is 173 g/mol. The zero-order valence-electron chi connectivity index (χ0n) is 7.39. The third kappa shape index (κ3) is 4.54. The second kappa shape index (κ2) is 5.40. The molecule has 70 valence electrons. The molecule has 3 amide bonds. The number of rotatable bonds is 4. The number of hydrogen-bond donors (Lipinski definition) is 3. The fraction of sp³-hybridized carbons (Fsp3) is 0.714. The van der Waals surface area contributed by atoms with Crippen molar-refractivity contribution in [2.45, 2.75) is 26.3 Å². The van der Waals surface area contributed by atoms with Crippen molar-refractivity contribution in [1.82, 2.24) is 10.6 Å². The minimum Gasteiger partial charge on any atom is -0.354 e. The van der Waals surface area contributed by atoms with Gasteiger partial charge in [-0.05, 0) is 13.3 Å². The van der Waals surface area contributed by atoms with Gasteiger partial charge in [-0.25, -0.2) is 4.79 Å². The topological polar surface area (TPSA) is 84.2 Å². The lowest BCUT2D eigenvalue weighted by atomic mass is 10.3. The molecule has 0 aromatic carbocycles. The van der Waals surface area contributed by atoms with Gasteiger partial charge in [-0.3, -0.25) is 4.79 Å². The first-order chi connectivity index (χ1) is 5.57.